The Morgan fingerprint density at radius 3 is 1.81 bits per heavy atom. The largest absolute Gasteiger partial charge is 0.480 e. The third kappa shape index (κ3) is 13.1. The molecule has 0 heterocycles. The summed E-state index contributed by atoms with van der Waals surface area (Å²) in [6.45, 7) is 8.86. The van der Waals surface area contributed by atoms with Crippen LogP contribution in [0.25, 0.3) is 11.1 Å². The van der Waals surface area contributed by atoms with E-state index in [0.29, 0.717) is 6.42 Å². The van der Waals surface area contributed by atoms with Gasteiger partial charge in [0.2, 0.25) is 0 Å². The minimum atomic E-state index is -1.20. The molecule has 0 aliphatic heterocycles. The van der Waals surface area contributed by atoms with Gasteiger partial charge in [0.1, 0.15) is 6.10 Å². The first-order valence-corrected chi connectivity index (χ1v) is 16.3. The summed E-state index contributed by atoms with van der Waals surface area (Å²) in [7, 11) is 0. The van der Waals surface area contributed by atoms with E-state index in [4.69, 9.17) is 9.47 Å². The van der Waals surface area contributed by atoms with E-state index < -0.39 is 35.9 Å². The van der Waals surface area contributed by atoms with E-state index in [-0.39, 0.29) is 0 Å². The Labute approximate surface area is 259 Å². The molecule has 2 aliphatic rings. The number of carbonyl (C=O) groups is 2. The lowest BCUT2D eigenvalue weighted by Gasteiger charge is -2.30. The number of carbonyl (C=O) groups excluding carboxylic acids is 1. The Morgan fingerprint density at radius 2 is 1.33 bits per heavy atom. The predicted octanol–water partition coefficient (Wildman–Crippen LogP) is 7.91. The van der Waals surface area contributed by atoms with Crippen molar-refractivity contribution in [3.05, 3.63) is 60.2 Å². The monoisotopic (exact) mass is 594 g/mol. The second-order valence-corrected chi connectivity index (χ2v) is 13.2. The molecule has 0 saturated heterocycles. The second kappa shape index (κ2) is 17.4. The van der Waals surface area contributed by atoms with Gasteiger partial charge in [-0.1, -0.05) is 93.1 Å². The number of rotatable bonds is 10. The summed E-state index contributed by atoms with van der Waals surface area (Å²) >= 11 is 0. The third-order valence-electron chi connectivity index (χ3n) is 8.12. The summed E-state index contributed by atoms with van der Waals surface area (Å²) < 4.78 is 11.0. The highest BCUT2D eigenvalue weighted by atomic mass is 16.6. The molecule has 1 unspecified atom stereocenters. The van der Waals surface area contributed by atoms with Crippen molar-refractivity contribution in [1.82, 2.24) is 10.6 Å². The smallest absolute Gasteiger partial charge is 0.408 e. The van der Waals surface area contributed by atoms with Gasteiger partial charge in [0, 0.05) is 18.5 Å². The highest BCUT2D eigenvalue weighted by molar-refractivity contribution is 5.80. The molecular formula is C36H54N2O5. The molecular weight excluding hydrogens is 540 g/mol. The Bertz CT molecular complexity index is 1070. The van der Waals surface area contributed by atoms with E-state index in [0.717, 1.165) is 28.8 Å². The number of ether oxygens (including phenoxy) is 2. The first-order valence-electron chi connectivity index (χ1n) is 16.3. The van der Waals surface area contributed by atoms with Crippen LogP contribution in [-0.4, -0.2) is 53.1 Å². The number of nitrogens with one attached hydrogen (secondary N) is 2. The Balaban J connectivity index is 0.000000321. The molecule has 3 N–H and O–H groups in total. The number of carboxylic acids is 1. The maximum absolute atomic E-state index is 12.2. The van der Waals surface area contributed by atoms with Crippen molar-refractivity contribution in [2.24, 2.45) is 0 Å². The average Bonchev–Trinajstić information content (AvgIpc) is 2.97. The zero-order valence-electron chi connectivity index (χ0n) is 26.9. The van der Waals surface area contributed by atoms with Crippen LogP contribution >= 0.6 is 0 Å². The molecule has 0 aromatic heterocycles. The molecule has 0 radical (unpaired) electrons. The number of aliphatic carboxylic acids is 1. The lowest BCUT2D eigenvalue weighted by Crippen LogP contribution is -2.51. The number of benzene rings is 2. The van der Waals surface area contributed by atoms with Crippen molar-refractivity contribution < 1.29 is 24.2 Å². The number of carboxylic acid groups (broad SMARTS) is 1. The molecule has 2 aromatic rings. The molecule has 3 atom stereocenters. The Morgan fingerprint density at radius 1 is 0.814 bits per heavy atom. The van der Waals surface area contributed by atoms with Crippen LogP contribution in [0.2, 0.25) is 0 Å². The van der Waals surface area contributed by atoms with E-state index in [1.165, 1.54) is 64.2 Å². The number of amides is 1. The van der Waals surface area contributed by atoms with Gasteiger partial charge in [-0.25, -0.2) is 9.59 Å². The summed E-state index contributed by atoms with van der Waals surface area (Å²) in [4.78, 5) is 23.8. The van der Waals surface area contributed by atoms with E-state index in [2.05, 4.69) is 10.6 Å². The van der Waals surface area contributed by atoms with Crippen molar-refractivity contribution in [1.29, 1.82) is 0 Å². The van der Waals surface area contributed by atoms with E-state index in [9.17, 15) is 14.7 Å². The molecule has 0 spiro atoms. The maximum atomic E-state index is 12.2. The minimum absolute atomic E-state index is 0.416. The Hall–Kier alpha value is -2.90. The second-order valence-electron chi connectivity index (χ2n) is 13.2. The molecule has 2 aliphatic carbocycles. The maximum Gasteiger partial charge on any atom is 0.408 e. The number of hydrogen-bond acceptors (Lipinski definition) is 5. The zero-order chi connectivity index (χ0) is 31.2. The van der Waals surface area contributed by atoms with Gasteiger partial charge in [-0.15, -0.1) is 0 Å². The SMILES string of the molecule is C1CCC(NC2CCCCC2)CC1.CC(Cc1ccc(-c2ccccc2)cc1)OC(=O)N[C@H](C(=O)O)[C@@H](C)OC(C)(C)C. The normalized spacial score (nSPS) is 18.4. The van der Waals surface area contributed by atoms with E-state index >= 15 is 0 Å². The minimum Gasteiger partial charge on any atom is -0.480 e. The fourth-order valence-electron chi connectivity index (χ4n) is 6.06. The van der Waals surface area contributed by atoms with Crippen LogP contribution < -0.4 is 10.6 Å². The first kappa shape index (κ1) is 34.6. The Kier molecular flexibility index (Phi) is 14.0. The van der Waals surface area contributed by atoms with Crippen LogP contribution in [0, 0.1) is 0 Å². The van der Waals surface area contributed by atoms with Crippen molar-refractivity contribution in [2.45, 2.75) is 141 Å². The topological polar surface area (TPSA) is 96.9 Å². The first-order chi connectivity index (χ1) is 20.5. The molecule has 2 fully saturated rings. The van der Waals surface area contributed by atoms with Gasteiger partial charge in [0.05, 0.1) is 11.7 Å². The van der Waals surface area contributed by atoms with E-state index in [1.807, 2.05) is 75.4 Å². The van der Waals surface area contributed by atoms with Gasteiger partial charge in [-0.05, 0) is 77.0 Å². The molecule has 7 heteroatoms. The van der Waals surface area contributed by atoms with Crippen molar-refractivity contribution in [3.8, 4) is 11.1 Å². The number of alkyl carbamates (subject to hydrolysis) is 1. The molecule has 1 amide bonds. The fourth-order valence-corrected chi connectivity index (χ4v) is 6.06. The summed E-state index contributed by atoms with van der Waals surface area (Å²) in [5.74, 6) is -1.17. The van der Waals surface area contributed by atoms with Crippen LogP contribution in [0.3, 0.4) is 0 Å². The van der Waals surface area contributed by atoms with Gasteiger partial charge < -0.3 is 25.2 Å². The van der Waals surface area contributed by atoms with Gasteiger partial charge in [-0.3, -0.25) is 0 Å². The standard InChI is InChI=1S/C24H31NO5.C12H23N/c1-16(15-18-11-13-20(14-12-18)19-9-7-6-8-10-19)29-23(28)25-21(22(26)27)17(2)30-24(3,4)5;1-3-7-11(8-4-1)13-12-9-5-2-6-10-12/h6-14,16-17,21H,15H2,1-5H3,(H,25,28)(H,26,27);11-13H,1-10H2/t16?,17-,21+;/m1./s1. The molecule has 238 valence electrons. The molecule has 7 nitrogen and oxygen atoms in total. The van der Waals surface area contributed by atoms with Gasteiger partial charge >= 0.3 is 12.1 Å². The van der Waals surface area contributed by atoms with Gasteiger partial charge in [0.25, 0.3) is 0 Å². The summed E-state index contributed by atoms with van der Waals surface area (Å²) in [5, 5.41) is 15.7. The molecule has 4 rings (SSSR count). The lowest BCUT2D eigenvalue weighted by molar-refractivity contribution is -0.147. The van der Waals surface area contributed by atoms with Crippen LogP contribution in [0.15, 0.2) is 54.6 Å². The molecule has 2 saturated carbocycles. The highest BCUT2D eigenvalue weighted by Gasteiger charge is 2.31. The van der Waals surface area contributed by atoms with Crippen LogP contribution in [0.5, 0.6) is 0 Å². The van der Waals surface area contributed by atoms with Crippen molar-refractivity contribution in [3.63, 3.8) is 0 Å². The zero-order valence-corrected chi connectivity index (χ0v) is 26.9. The lowest BCUT2D eigenvalue weighted by atomic mass is 9.91. The van der Waals surface area contributed by atoms with Crippen LogP contribution in [-0.2, 0) is 20.7 Å². The summed E-state index contributed by atoms with van der Waals surface area (Å²) in [5.41, 5.74) is 2.74. The average molecular weight is 595 g/mol. The number of hydrogen-bond donors (Lipinski definition) is 3. The third-order valence-corrected chi connectivity index (χ3v) is 8.12. The summed E-state index contributed by atoms with van der Waals surface area (Å²) in [6, 6.07) is 18.7. The fraction of sp³-hybridized carbons (Fsp3) is 0.611. The molecule has 43 heavy (non-hydrogen) atoms. The predicted molar refractivity (Wildman–Crippen MR) is 173 cm³/mol. The van der Waals surface area contributed by atoms with Gasteiger partial charge in [0.15, 0.2) is 6.04 Å². The van der Waals surface area contributed by atoms with Crippen molar-refractivity contribution >= 4 is 12.1 Å². The van der Waals surface area contributed by atoms with Crippen LogP contribution in [0.4, 0.5) is 4.79 Å². The van der Waals surface area contributed by atoms with Gasteiger partial charge in [-0.2, -0.15) is 0 Å². The van der Waals surface area contributed by atoms with E-state index in [1.54, 1.807) is 13.8 Å². The van der Waals surface area contributed by atoms with Crippen LogP contribution in [0.1, 0.15) is 104 Å². The highest BCUT2D eigenvalue weighted by Crippen LogP contribution is 2.23. The van der Waals surface area contributed by atoms with Crippen molar-refractivity contribution in [2.75, 3.05) is 0 Å². The quantitative estimate of drug-likeness (QED) is 0.259. The molecule has 0 bridgehead atoms. The molecule has 2 aromatic carbocycles. The summed E-state index contributed by atoms with van der Waals surface area (Å²) in [6.07, 6.45) is 13.2.